The lowest BCUT2D eigenvalue weighted by atomic mass is 10.1. The second-order valence-electron chi connectivity index (χ2n) is 4.13. The van der Waals surface area contributed by atoms with Crippen LogP contribution in [0.5, 0.6) is 0 Å². The smallest absolute Gasteiger partial charge is 0.396 e. The highest BCUT2D eigenvalue weighted by atomic mass is 79.9. The van der Waals surface area contributed by atoms with Crippen LogP contribution in [0.2, 0.25) is 0 Å². The largest absolute Gasteiger partial charge is 0.416 e. The van der Waals surface area contributed by atoms with Gasteiger partial charge in [-0.05, 0) is 33.6 Å². The number of hydrogen-bond donors (Lipinski definition) is 2. The van der Waals surface area contributed by atoms with E-state index < -0.39 is 11.7 Å². The summed E-state index contributed by atoms with van der Waals surface area (Å²) in [4.78, 5) is 3.90. The van der Waals surface area contributed by atoms with Crippen molar-refractivity contribution < 1.29 is 13.2 Å². The molecule has 0 bridgehead atoms. The van der Waals surface area contributed by atoms with Crippen LogP contribution >= 0.6 is 15.9 Å². The van der Waals surface area contributed by atoms with Gasteiger partial charge in [-0.2, -0.15) is 13.2 Å². The number of aromatic nitrogens is 1. The number of nitrogens with one attached hydrogen (secondary N) is 1. The highest BCUT2D eigenvalue weighted by Crippen LogP contribution is 2.30. The molecule has 0 aliphatic carbocycles. The first-order valence-electron chi connectivity index (χ1n) is 5.67. The summed E-state index contributed by atoms with van der Waals surface area (Å²) >= 11 is 3.30. The lowest BCUT2D eigenvalue weighted by Crippen LogP contribution is -2.06. The van der Waals surface area contributed by atoms with Crippen molar-refractivity contribution >= 4 is 27.3 Å². The summed E-state index contributed by atoms with van der Waals surface area (Å²) in [6.45, 7) is 0.366. The predicted octanol–water partition coefficient (Wildman–Crippen LogP) is 4.06. The minimum absolute atomic E-state index is 0.366. The van der Waals surface area contributed by atoms with Crippen molar-refractivity contribution in [3.8, 4) is 0 Å². The molecule has 3 nitrogen and oxygen atoms in total. The van der Waals surface area contributed by atoms with E-state index in [1.54, 1.807) is 6.20 Å². The number of halogens is 4. The normalized spacial score (nSPS) is 11.4. The van der Waals surface area contributed by atoms with Crippen LogP contribution in [0.4, 0.5) is 24.5 Å². The molecule has 3 N–H and O–H groups in total. The van der Waals surface area contributed by atoms with Gasteiger partial charge < -0.3 is 11.1 Å². The Balaban J connectivity index is 2.08. The minimum atomic E-state index is -4.31. The van der Waals surface area contributed by atoms with Gasteiger partial charge in [0.1, 0.15) is 0 Å². The summed E-state index contributed by atoms with van der Waals surface area (Å²) in [5, 5.41) is 3.06. The Hall–Kier alpha value is -1.76. The van der Waals surface area contributed by atoms with Crippen molar-refractivity contribution in [2.45, 2.75) is 12.7 Å². The first-order valence-corrected chi connectivity index (χ1v) is 6.46. The van der Waals surface area contributed by atoms with Crippen molar-refractivity contribution in [2.75, 3.05) is 11.1 Å². The van der Waals surface area contributed by atoms with Crippen molar-refractivity contribution in [3.63, 3.8) is 0 Å². The molecule has 106 valence electrons. The standard InChI is InChI=1S/C13H11BrF3N3/c14-10-6-19-7-11(18)12(10)20-5-8-1-3-9(4-2-8)13(15,16)17/h1-4,6-7H,5,18H2,(H,19,20). The molecule has 1 heterocycles. The quantitative estimate of drug-likeness (QED) is 0.881. The number of hydrogen-bond acceptors (Lipinski definition) is 3. The number of nitrogens with zero attached hydrogens (tertiary/aromatic N) is 1. The Labute approximate surface area is 122 Å². The number of alkyl halides is 3. The van der Waals surface area contributed by atoms with Gasteiger partial charge in [0, 0.05) is 12.7 Å². The van der Waals surface area contributed by atoms with Gasteiger partial charge in [0.05, 0.1) is 27.6 Å². The molecule has 1 aromatic heterocycles. The lowest BCUT2D eigenvalue weighted by Gasteiger charge is -2.12. The Morgan fingerprint density at radius 3 is 2.35 bits per heavy atom. The first kappa shape index (κ1) is 14.6. The summed E-state index contributed by atoms with van der Waals surface area (Å²) in [5.74, 6) is 0. The molecular formula is C13H11BrF3N3. The zero-order chi connectivity index (χ0) is 14.8. The summed E-state index contributed by atoms with van der Waals surface area (Å²) in [5.41, 5.74) is 6.96. The second-order valence-corrected chi connectivity index (χ2v) is 4.99. The highest BCUT2D eigenvalue weighted by Gasteiger charge is 2.29. The third kappa shape index (κ3) is 3.41. The van der Waals surface area contributed by atoms with Crippen LogP contribution in [0, 0.1) is 0 Å². The Morgan fingerprint density at radius 1 is 1.15 bits per heavy atom. The van der Waals surface area contributed by atoms with E-state index in [1.165, 1.54) is 18.3 Å². The molecule has 0 aliphatic heterocycles. The van der Waals surface area contributed by atoms with Crippen LogP contribution in [0.1, 0.15) is 11.1 Å². The molecule has 0 saturated carbocycles. The summed E-state index contributed by atoms with van der Waals surface area (Å²) in [7, 11) is 0. The van der Waals surface area contributed by atoms with E-state index in [0.717, 1.165) is 17.7 Å². The summed E-state index contributed by atoms with van der Waals surface area (Å²) < 4.78 is 38.0. The van der Waals surface area contributed by atoms with E-state index >= 15 is 0 Å². The van der Waals surface area contributed by atoms with E-state index in [2.05, 4.69) is 26.2 Å². The zero-order valence-corrected chi connectivity index (χ0v) is 11.8. The van der Waals surface area contributed by atoms with Crippen LogP contribution in [0.15, 0.2) is 41.1 Å². The third-order valence-electron chi connectivity index (χ3n) is 2.68. The maximum atomic E-state index is 12.4. The summed E-state index contributed by atoms with van der Waals surface area (Å²) in [6.07, 6.45) is -1.23. The number of anilines is 2. The van der Waals surface area contributed by atoms with E-state index in [1.807, 2.05) is 0 Å². The van der Waals surface area contributed by atoms with E-state index in [9.17, 15) is 13.2 Å². The molecule has 0 aliphatic rings. The topological polar surface area (TPSA) is 50.9 Å². The predicted molar refractivity (Wildman–Crippen MR) is 75.1 cm³/mol. The molecule has 0 spiro atoms. The van der Waals surface area contributed by atoms with Crippen LogP contribution < -0.4 is 11.1 Å². The van der Waals surface area contributed by atoms with Gasteiger partial charge in [0.25, 0.3) is 0 Å². The van der Waals surface area contributed by atoms with E-state index in [4.69, 9.17) is 5.73 Å². The summed E-state index contributed by atoms with van der Waals surface area (Å²) in [6, 6.07) is 4.98. The monoisotopic (exact) mass is 345 g/mol. The molecule has 20 heavy (non-hydrogen) atoms. The molecule has 0 fully saturated rings. The second kappa shape index (κ2) is 5.70. The molecule has 1 aromatic carbocycles. The molecule has 7 heteroatoms. The van der Waals surface area contributed by atoms with Gasteiger partial charge in [0.15, 0.2) is 0 Å². The van der Waals surface area contributed by atoms with Crippen molar-refractivity contribution in [3.05, 3.63) is 52.3 Å². The molecular weight excluding hydrogens is 335 g/mol. The van der Waals surface area contributed by atoms with Gasteiger partial charge in [-0.1, -0.05) is 12.1 Å². The van der Waals surface area contributed by atoms with Gasteiger partial charge in [-0.3, -0.25) is 4.98 Å². The average Bonchev–Trinajstić information content (AvgIpc) is 2.37. The molecule has 0 atom stereocenters. The third-order valence-corrected chi connectivity index (χ3v) is 3.28. The number of pyridine rings is 1. The molecule has 0 radical (unpaired) electrons. The first-order chi connectivity index (χ1) is 9.38. The van der Waals surface area contributed by atoms with E-state index in [-0.39, 0.29) is 0 Å². The Bertz CT molecular complexity index is 577. The zero-order valence-electron chi connectivity index (χ0n) is 10.2. The van der Waals surface area contributed by atoms with Crippen LogP contribution in [-0.2, 0) is 12.7 Å². The maximum absolute atomic E-state index is 12.4. The fourth-order valence-corrected chi connectivity index (χ4v) is 2.13. The fourth-order valence-electron chi connectivity index (χ4n) is 1.64. The highest BCUT2D eigenvalue weighted by molar-refractivity contribution is 9.10. The lowest BCUT2D eigenvalue weighted by molar-refractivity contribution is -0.137. The van der Waals surface area contributed by atoms with Crippen LogP contribution in [-0.4, -0.2) is 4.98 Å². The molecule has 2 rings (SSSR count). The minimum Gasteiger partial charge on any atom is -0.396 e. The van der Waals surface area contributed by atoms with Gasteiger partial charge in [0.2, 0.25) is 0 Å². The molecule has 0 unspecified atom stereocenters. The van der Waals surface area contributed by atoms with Crippen LogP contribution in [0.3, 0.4) is 0 Å². The molecule has 0 saturated heterocycles. The molecule has 2 aromatic rings. The number of rotatable bonds is 3. The van der Waals surface area contributed by atoms with Gasteiger partial charge in [-0.25, -0.2) is 0 Å². The van der Waals surface area contributed by atoms with Crippen molar-refractivity contribution in [1.82, 2.24) is 4.98 Å². The number of nitrogens with two attached hydrogens (primary N) is 1. The van der Waals surface area contributed by atoms with Gasteiger partial charge in [-0.15, -0.1) is 0 Å². The van der Waals surface area contributed by atoms with E-state index in [0.29, 0.717) is 22.4 Å². The molecule has 0 amide bonds. The van der Waals surface area contributed by atoms with Crippen LogP contribution in [0.25, 0.3) is 0 Å². The Kier molecular flexibility index (Phi) is 4.17. The van der Waals surface area contributed by atoms with Crippen molar-refractivity contribution in [2.24, 2.45) is 0 Å². The van der Waals surface area contributed by atoms with Gasteiger partial charge >= 0.3 is 6.18 Å². The maximum Gasteiger partial charge on any atom is 0.416 e. The van der Waals surface area contributed by atoms with Crippen molar-refractivity contribution in [1.29, 1.82) is 0 Å². The Morgan fingerprint density at radius 2 is 1.80 bits per heavy atom. The number of nitrogen functional groups attached to an aromatic ring is 1. The SMILES string of the molecule is Nc1cncc(Br)c1NCc1ccc(C(F)(F)F)cc1. The number of benzene rings is 1. The fraction of sp³-hybridized carbons (Fsp3) is 0.154. The average molecular weight is 346 g/mol.